The second-order valence-electron chi connectivity index (χ2n) is 3.69. The van der Waals surface area contributed by atoms with Crippen molar-refractivity contribution in [3.8, 4) is 12.3 Å². The molecule has 0 aromatic rings. The van der Waals surface area contributed by atoms with Gasteiger partial charge in [-0.2, -0.15) is 0 Å². The third-order valence-electron chi connectivity index (χ3n) is 2.53. The van der Waals surface area contributed by atoms with Crippen molar-refractivity contribution in [2.45, 2.75) is 25.3 Å². The van der Waals surface area contributed by atoms with Crippen LogP contribution in [0.5, 0.6) is 0 Å². The van der Waals surface area contributed by atoms with E-state index in [0.717, 1.165) is 0 Å². The molecular formula is C11H15NO4. The van der Waals surface area contributed by atoms with E-state index in [9.17, 15) is 9.59 Å². The van der Waals surface area contributed by atoms with Crippen molar-refractivity contribution in [2.75, 3.05) is 13.2 Å². The van der Waals surface area contributed by atoms with Crippen molar-refractivity contribution in [3.63, 3.8) is 0 Å². The first-order chi connectivity index (χ1) is 7.65. The lowest BCUT2D eigenvalue weighted by molar-refractivity contribution is -0.142. The number of carboxylic acids is 1. The van der Waals surface area contributed by atoms with Gasteiger partial charge in [-0.1, -0.05) is 0 Å². The highest BCUT2D eigenvalue weighted by molar-refractivity contribution is 5.85. The fraction of sp³-hybridized carbons (Fsp3) is 0.636. The molecule has 1 saturated heterocycles. The average molecular weight is 225 g/mol. The number of aliphatic carboxylic acids is 1. The number of ether oxygens (including phenoxy) is 1. The Morgan fingerprint density at radius 3 is 2.62 bits per heavy atom. The standard InChI is InChI=1S/C11H15NO4/c1-2-3-9(11(14)15)12-10(13)8-4-6-16-7-5-8/h1,8-9H,3-7H2,(H,12,13)(H,14,15). The number of amides is 1. The summed E-state index contributed by atoms with van der Waals surface area (Å²) in [5, 5.41) is 11.3. The molecule has 1 amide bonds. The van der Waals surface area contributed by atoms with Gasteiger partial charge in [0.1, 0.15) is 6.04 Å². The normalized spacial score (nSPS) is 18.4. The van der Waals surface area contributed by atoms with Crippen LogP contribution in [0.1, 0.15) is 19.3 Å². The van der Waals surface area contributed by atoms with Crippen LogP contribution in [0.4, 0.5) is 0 Å². The molecule has 0 radical (unpaired) electrons. The third kappa shape index (κ3) is 3.55. The molecule has 0 aromatic heterocycles. The Balaban J connectivity index is 2.47. The molecule has 0 bridgehead atoms. The van der Waals surface area contributed by atoms with Crippen molar-refractivity contribution in [2.24, 2.45) is 5.92 Å². The molecule has 5 nitrogen and oxygen atoms in total. The first-order valence-corrected chi connectivity index (χ1v) is 5.19. The maximum atomic E-state index is 11.7. The quantitative estimate of drug-likeness (QED) is 0.661. The van der Waals surface area contributed by atoms with Gasteiger partial charge in [0.25, 0.3) is 0 Å². The fourth-order valence-corrected chi connectivity index (χ4v) is 1.57. The van der Waals surface area contributed by atoms with Gasteiger partial charge in [0.15, 0.2) is 0 Å². The second kappa shape index (κ2) is 6.13. The summed E-state index contributed by atoms with van der Waals surface area (Å²) in [4.78, 5) is 22.5. The van der Waals surface area contributed by atoms with E-state index < -0.39 is 12.0 Å². The maximum absolute atomic E-state index is 11.7. The van der Waals surface area contributed by atoms with E-state index in [-0.39, 0.29) is 18.2 Å². The van der Waals surface area contributed by atoms with Crippen LogP contribution in [0.15, 0.2) is 0 Å². The van der Waals surface area contributed by atoms with Crippen molar-refractivity contribution in [1.29, 1.82) is 0 Å². The molecule has 1 atom stereocenters. The number of hydrogen-bond donors (Lipinski definition) is 2. The molecular weight excluding hydrogens is 210 g/mol. The topological polar surface area (TPSA) is 75.6 Å². The summed E-state index contributed by atoms with van der Waals surface area (Å²) in [5.74, 6) is 0.735. The van der Waals surface area contributed by atoms with Crippen LogP contribution >= 0.6 is 0 Å². The number of nitrogens with one attached hydrogen (secondary N) is 1. The van der Waals surface area contributed by atoms with Crippen LogP contribution in [0, 0.1) is 18.3 Å². The van der Waals surface area contributed by atoms with Crippen molar-refractivity contribution in [1.82, 2.24) is 5.32 Å². The lowest BCUT2D eigenvalue weighted by Gasteiger charge is -2.22. The lowest BCUT2D eigenvalue weighted by Crippen LogP contribution is -2.44. The summed E-state index contributed by atoms with van der Waals surface area (Å²) >= 11 is 0. The number of hydrogen-bond acceptors (Lipinski definition) is 3. The van der Waals surface area contributed by atoms with Crippen LogP contribution in [0.25, 0.3) is 0 Å². The zero-order chi connectivity index (χ0) is 12.0. The molecule has 1 aliphatic heterocycles. The van der Waals surface area contributed by atoms with Gasteiger partial charge >= 0.3 is 5.97 Å². The second-order valence-corrected chi connectivity index (χ2v) is 3.69. The fourth-order valence-electron chi connectivity index (χ4n) is 1.57. The van der Waals surface area contributed by atoms with Crippen molar-refractivity contribution >= 4 is 11.9 Å². The number of carbonyl (C=O) groups excluding carboxylic acids is 1. The summed E-state index contributed by atoms with van der Waals surface area (Å²) in [7, 11) is 0. The SMILES string of the molecule is C#CCC(NC(=O)C1CCOCC1)C(=O)O. The van der Waals surface area contributed by atoms with Gasteiger partial charge in [-0.25, -0.2) is 4.79 Å². The number of terminal acetylenes is 1. The maximum Gasteiger partial charge on any atom is 0.327 e. The molecule has 1 aliphatic rings. The Kier molecular flexibility index (Phi) is 4.80. The number of rotatable bonds is 4. The first-order valence-electron chi connectivity index (χ1n) is 5.19. The molecule has 2 N–H and O–H groups in total. The summed E-state index contributed by atoms with van der Waals surface area (Å²) in [6.45, 7) is 1.09. The third-order valence-corrected chi connectivity index (χ3v) is 2.53. The van der Waals surface area contributed by atoms with E-state index in [1.54, 1.807) is 0 Å². The molecule has 0 spiro atoms. The van der Waals surface area contributed by atoms with E-state index in [1.165, 1.54) is 0 Å². The molecule has 1 unspecified atom stereocenters. The minimum absolute atomic E-state index is 0.00426. The zero-order valence-electron chi connectivity index (χ0n) is 8.94. The van der Waals surface area contributed by atoms with Crippen LogP contribution in [-0.2, 0) is 14.3 Å². The van der Waals surface area contributed by atoms with Crippen LogP contribution in [0.3, 0.4) is 0 Å². The number of carbonyl (C=O) groups is 2. The molecule has 0 saturated carbocycles. The molecule has 88 valence electrons. The molecule has 1 rings (SSSR count). The minimum Gasteiger partial charge on any atom is -0.480 e. The van der Waals surface area contributed by atoms with Gasteiger partial charge in [-0.3, -0.25) is 4.79 Å². The van der Waals surface area contributed by atoms with Gasteiger partial charge < -0.3 is 15.2 Å². The average Bonchev–Trinajstić information content (AvgIpc) is 2.29. The smallest absolute Gasteiger partial charge is 0.327 e. The predicted octanol–water partition coefficient (Wildman–Crippen LogP) is 0.00570. The van der Waals surface area contributed by atoms with Gasteiger partial charge in [0.05, 0.1) is 0 Å². The van der Waals surface area contributed by atoms with Crippen LogP contribution in [-0.4, -0.2) is 36.2 Å². The highest BCUT2D eigenvalue weighted by atomic mass is 16.5. The summed E-state index contributed by atoms with van der Waals surface area (Å²) in [6, 6.07) is -0.986. The minimum atomic E-state index is -1.10. The Morgan fingerprint density at radius 2 is 2.12 bits per heavy atom. The van der Waals surface area contributed by atoms with Gasteiger partial charge in [0, 0.05) is 25.6 Å². The van der Waals surface area contributed by atoms with E-state index in [0.29, 0.717) is 26.1 Å². The monoisotopic (exact) mass is 225 g/mol. The van der Waals surface area contributed by atoms with E-state index >= 15 is 0 Å². The van der Waals surface area contributed by atoms with Crippen molar-refractivity contribution < 1.29 is 19.4 Å². The largest absolute Gasteiger partial charge is 0.480 e. The molecule has 0 aliphatic carbocycles. The molecule has 1 fully saturated rings. The molecule has 5 heteroatoms. The highest BCUT2D eigenvalue weighted by Gasteiger charge is 2.26. The summed E-state index contributed by atoms with van der Waals surface area (Å²) in [6.07, 6.45) is 6.31. The van der Waals surface area contributed by atoms with E-state index in [1.807, 2.05) is 0 Å². The van der Waals surface area contributed by atoms with Crippen molar-refractivity contribution in [3.05, 3.63) is 0 Å². The first kappa shape index (κ1) is 12.5. The number of carboxylic acid groups (broad SMARTS) is 1. The summed E-state index contributed by atoms with van der Waals surface area (Å²) < 4.78 is 5.12. The van der Waals surface area contributed by atoms with Gasteiger partial charge in [-0.15, -0.1) is 12.3 Å². The Morgan fingerprint density at radius 1 is 1.50 bits per heavy atom. The van der Waals surface area contributed by atoms with Crippen LogP contribution in [0.2, 0.25) is 0 Å². The predicted molar refractivity (Wildman–Crippen MR) is 56.6 cm³/mol. The Labute approximate surface area is 94.2 Å². The Bertz CT molecular complexity index is 302. The highest BCUT2D eigenvalue weighted by Crippen LogP contribution is 2.14. The van der Waals surface area contributed by atoms with E-state index in [2.05, 4.69) is 11.2 Å². The molecule has 1 heterocycles. The Hall–Kier alpha value is -1.54. The molecule has 0 aromatic carbocycles. The van der Waals surface area contributed by atoms with Gasteiger partial charge in [-0.05, 0) is 12.8 Å². The summed E-state index contributed by atoms with van der Waals surface area (Å²) in [5.41, 5.74) is 0. The lowest BCUT2D eigenvalue weighted by atomic mass is 9.99. The van der Waals surface area contributed by atoms with E-state index in [4.69, 9.17) is 16.3 Å². The zero-order valence-corrected chi connectivity index (χ0v) is 8.94. The van der Waals surface area contributed by atoms with Gasteiger partial charge in [0.2, 0.25) is 5.91 Å². The molecule has 16 heavy (non-hydrogen) atoms. The van der Waals surface area contributed by atoms with Crippen LogP contribution < -0.4 is 5.32 Å².